The van der Waals surface area contributed by atoms with E-state index >= 15 is 0 Å². The molecule has 1 aliphatic heterocycles. The number of piperazine rings is 1. The van der Waals surface area contributed by atoms with Crippen molar-refractivity contribution in [2.24, 2.45) is 0 Å². The van der Waals surface area contributed by atoms with Crippen molar-refractivity contribution in [2.45, 2.75) is 6.54 Å². The van der Waals surface area contributed by atoms with Crippen molar-refractivity contribution in [3.8, 4) is 11.8 Å². The predicted octanol–water partition coefficient (Wildman–Crippen LogP) is 4.17. The summed E-state index contributed by atoms with van der Waals surface area (Å²) in [5, 5.41) is 7.37. The van der Waals surface area contributed by atoms with Crippen molar-refractivity contribution in [3.63, 3.8) is 0 Å². The molecule has 3 heterocycles. The molecule has 1 aliphatic rings. The maximum atomic E-state index is 12.8. The van der Waals surface area contributed by atoms with Gasteiger partial charge in [0, 0.05) is 29.6 Å². The maximum absolute atomic E-state index is 12.8. The summed E-state index contributed by atoms with van der Waals surface area (Å²) in [6.07, 6.45) is 3.69. The van der Waals surface area contributed by atoms with Crippen molar-refractivity contribution in [1.29, 1.82) is 0 Å². The van der Waals surface area contributed by atoms with Crippen molar-refractivity contribution < 1.29 is 24.3 Å². The molecule has 7 heteroatoms. The van der Waals surface area contributed by atoms with E-state index in [1.54, 1.807) is 18.3 Å². The maximum Gasteiger partial charge on any atom is 1.00 e. The minimum Gasteiger partial charge on any atom is -0.660 e. The Labute approximate surface area is 212 Å². The standard InChI is InChI=1S/C27H24N5O.Ru/c33-27(30-24-10-7-22(8-11-24)20-31-16-13-28-14-17-31)23-5-3-4-21(18-23)9-12-25-19-29-26-6-1-2-15-32(25)26;/h1-8,10-11,15,18-19H,13-14,16-17,20H2,(H,30,33);/q-1;+1. The number of hydrogen-bond donors (Lipinski definition) is 1. The van der Waals surface area contributed by atoms with Gasteiger partial charge in [-0.3, -0.25) is 9.20 Å². The van der Waals surface area contributed by atoms with E-state index in [0.717, 1.165) is 55.3 Å². The molecule has 1 saturated heterocycles. The zero-order valence-electron chi connectivity index (χ0n) is 18.6. The van der Waals surface area contributed by atoms with Gasteiger partial charge in [0.25, 0.3) is 5.91 Å². The number of carbonyl (C=O) groups excluding carboxylic acids is 1. The van der Waals surface area contributed by atoms with Crippen LogP contribution < -0.4 is 5.32 Å². The molecule has 2 aromatic carbocycles. The van der Waals surface area contributed by atoms with Gasteiger partial charge in [-0.2, -0.15) is 0 Å². The van der Waals surface area contributed by atoms with Crippen molar-refractivity contribution >= 4 is 17.2 Å². The minimum atomic E-state index is -0.154. The predicted molar refractivity (Wildman–Crippen MR) is 130 cm³/mol. The van der Waals surface area contributed by atoms with Gasteiger partial charge in [-0.15, -0.1) is 13.1 Å². The van der Waals surface area contributed by atoms with Crippen LogP contribution in [0.25, 0.3) is 11.0 Å². The largest absolute Gasteiger partial charge is 1.00 e. The number of amides is 1. The molecule has 1 amide bonds. The first kappa shape index (κ1) is 23.8. The first-order chi connectivity index (χ1) is 16.2. The monoisotopic (exact) mass is 536 g/mol. The van der Waals surface area contributed by atoms with E-state index in [1.165, 1.54) is 5.56 Å². The third-order valence-corrected chi connectivity index (χ3v) is 5.64. The van der Waals surface area contributed by atoms with Crippen LogP contribution in [-0.2, 0) is 26.0 Å². The van der Waals surface area contributed by atoms with Crippen LogP contribution in [-0.4, -0.2) is 46.4 Å². The van der Waals surface area contributed by atoms with Gasteiger partial charge in [0.05, 0.1) is 6.20 Å². The molecule has 0 spiro atoms. The van der Waals surface area contributed by atoms with Crippen LogP contribution in [0.1, 0.15) is 27.2 Å². The third kappa shape index (κ3) is 5.79. The quantitative estimate of drug-likeness (QED) is 0.315. The second-order valence-corrected chi connectivity index (χ2v) is 8.00. The van der Waals surface area contributed by atoms with Crippen molar-refractivity contribution in [1.82, 2.24) is 14.3 Å². The summed E-state index contributed by atoms with van der Waals surface area (Å²) in [6, 6.07) is 21.2. The van der Waals surface area contributed by atoms with E-state index in [2.05, 4.69) is 44.5 Å². The number of aromatic nitrogens is 2. The first-order valence-corrected chi connectivity index (χ1v) is 11.0. The molecule has 4 aromatic rings. The van der Waals surface area contributed by atoms with Gasteiger partial charge in [-0.25, -0.2) is 4.98 Å². The summed E-state index contributed by atoms with van der Waals surface area (Å²) in [6.45, 7) is 4.76. The fourth-order valence-electron chi connectivity index (χ4n) is 3.86. The Bertz CT molecular complexity index is 1330. The molecule has 34 heavy (non-hydrogen) atoms. The van der Waals surface area contributed by atoms with E-state index in [4.69, 9.17) is 0 Å². The average Bonchev–Trinajstić information content (AvgIpc) is 3.28. The fourth-order valence-corrected chi connectivity index (χ4v) is 3.86. The molecular weight excluding hydrogens is 511 g/mol. The number of imidazole rings is 1. The molecule has 0 bridgehead atoms. The molecule has 0 unspecified atom stereocenters. The molecular formula is C27H24N5ORu. The molecule has 5 rings (SSSR count). The number of carbonyl (C=O) groups is 1. The van der Waals surface area contributed by atoms with Crippen LogP contribution in [0.3, 0.4) is 0 Å². The molecule has 0 atom stereocenters. The zero-order valence-corrected chi connectivity index (χ0v) is 20.3. The molecule has 0 saturated carbocycles. The molecule has 2 aromatic heterocycles. The van der Waals surface area contributed by atoms with Crippen LogP contribution in [0, 0.1) is 11.8 Å². The smallest absolute Gasteiger partial charge is 0.660 e. The number of benzene rings is 2. The van der Waals surface area contributed by atoms with E-state index in [-0.39, 0.29) is 25.4 Å². The number of pyridine rings is 1. The summed E-state index contributed by atoms with van der Waals surface area (Å²) in [5.41, 5.74) is 5.02. The zero-order chi connectivity index (χ0) is 22.5. The minimum absolute atomic E-state index is 0. The average molecular weight is 536 g/mol. The number of hydrogen-bond acceptors (Lipinski definition) is 3. The van der Waals surface area contributed by atoms with E-state index in [1.807, 2.05) is 53.1 Å². The number of anilines is 1. The van der Waals surface area contributed by atoms with Crippen LogP contribution in [0.5, 0.6) is 0 Å². The summed E-state index contributed by atoms with van der Waals surface area (Å²) < 4.78 is 1.94. The topological polar surface area (TPSA) is 63.7 Å². The number of rotatable bonds is 4. The van der Waals surface area contributed by atoms with E-state index in [0.29, 0.717) is 5.56 Å². The van der Waals surface area contributed by atoms with Gasteiger partial charge in [0.1, 0.15) is 11.3 Å². The number of fused-ring (bicyclic) bond motifs is 1. The summed E-state index contributed by atoms with van der Waals surface area (Å²) in [4.78, 5) is 19.5. The van der Waals surface area contributed by atoms with Crippen LogP contribution in [0.2, 0.25) is 0 Å². The van der Waals surface area contributed by atoms with Gasteiger partial charge in [0.2, 0.25) is 0 Å². The Balaban J connectivity index is 0.00000274. The molecule has 1 N–H and O–H groups in total. The Kier molecular flexibility index (Phi) is 7.87. The summed E-state index contributed by atoms with van der Waals surface area (Å²) >= 11 is 0. The fraction of sp³-hybridized carbons (Fsp3) is 0.185. The molecule has 1 fully saturated rings. The number of nitrogens with zero attached hydrogens (tertiary/aromatic N) is 4. The van der Waals surface area contributed by atoms with Gasteiger partial charge < -0.3 is 15.5 Å². The molecule has 1 radical (unpaired) electrons. The molecule has 0 aliphatic carbocycles. The second-order valence-electron chi connectivity index (χ2n) is 8.00. The summed E-state index contributed by atoms with van der Waals surface area (Å²) in [5.74, 6) is 6.14. The van der Waals surface area contributed by atoms with Crippen molar-refractivity contribution in [2.75, 3.05) is 31.5 Å². The summed E-state index contributed by atoms with van der Waals surface area (Å²) in [7, 11) is 0. The van der Waals surface area contributed by atoms with Gasteiger partial charge in [0.15, 0.2) is 0 Å². The van der Waals surface area contributed by atoms with Crippen molar-refractivity contribution in [3.05, 3.63) is 107 Å². The van der Waals surface area contributed by atoms with Gasteiger partial charge in [-0.1, -0.05) is 30.2 Å². The Morgan fingerprint density at radius 2 is 1.82 bits per heavy atom. The Hall–Kier alpha value is -3.30. The normalized spacial score (nSPS) is 13.5. The second kappa shape index (κ2) is 11.2. The van der Waals surface area contributed by atoms with Gasteiger partial charge >= 0.3 is 19.5 Å². The van der Waals surface area contributed by atoms with Crippen LogP contribution in [0.15, 0.2) is 79.1 Å². The molecule has 6 nitrogen and oxygen atoms in total. The SMILES string of the molecule is O=C(Nc1ccc(CN2CC[N-]CC2)cc1)c1cccc(C#Cc2cnc3ccccn23)c1.[Ru+]. The first-order valence-electron chi connectivity index (χ1n) is 11.0. The van der Waals surface area contributed by atoms with E-state index in [9.17, 15) is 4.79 Å². The Morgan fingerprint density at radius 3 is 2.65 bits per heavy atom. The Morgan fingerprint density at radius 1 is 1.00 bits per heavy atom. The molecule has 171 valence electrons. The van der Waals surface area contributed by atoms with Crippen LogP contribution >= 0.6 is 0 Å². The van der Waals surface area contributed by atoms with E-state index < -0.39 is 0 Å². The van der Waals surface area contributed by atoms with Gasteiger partial charge in [-0.05, 0) is 67.0 Å². The van der Waals surface area contributed by atoms with Crippen LogP contribution in [0.4, 0.5) is 5.69 Å². The number of nitrogens with one attached hydrogen (secondary N) is 1. The third-order valence-electron chi connectivity index (χ3n) is 5.64.